The predicted octanol–water partition coefficient (Wildman–Crippen LogP) is 0.502. The molecule has 5 nitrogen and oxygen atoms in total. The van der Waals surface area contributed by atoms with Crippen molar-refractivity contribution in [2.75, 3.05) is 7.11 Å². The maximum atomic E-state index is 11.3. The second-order valence-electron chi connectivity index (χ2n) is 2.74. The highest BCUT2D eigenvalue weighted by atomic mass is 16.5. The molecule has 1 aliphatic heterocycles. The number of phenols is 1. The van der Waals surface area contributed by atoms with Crippen LogP contribution >= 0.6 is 0 Å². The first-order valence-corrected chi connectivity index (χ1v) is 3.81. The number of esters is 1. The molecular weight excluding hydrogens is 188 g/mol. The van der Waals surface area contributed by atoms with Crippen molar-refractivity contribution >= 4 is 11.8 Å². The van der Waals surface area contributed by atoms with E-state index in [9.17, 15) is 14.7 Å². The minimum atomic E-state index is -0.955. The van der Waals surface area contributed by atoms with E-state index in [1.165, 1.54) is 19.2 Å². The smallest absolute Gasteiger partial charge is 0.385 e. The first-order valence-electron chi connectivity index (χ1n) is 3.81. The van der Waals surface area contributed by atoms with E-state index in [-0.39, 0.29) is 22.8 Å². The van der Waals surface area contributed by atoms with E-state index < -0.39 is 11.8 Å². The number of methoxy groups -OCH3 is 1. The standard InChI is InChI=1S/C9H6O5/c1-13-5-2-4(10)3-6-7(5)8(11)9(12)14-6/h2-3,10H,1H3. The van der Waals surface area contributed by atoms with E-state index in [4.69, 9.17) is 4.74 Å². The quantitative estimate of drug-likeness (QED) is 0.400. The lowest BCUT2D eigenvalue weighted by atomic mass is 10.1. The van der Waals surface area contributed by atoms with Crippen LogP contribution in [0.25, 0.3) is 0 Å². The zero-order chi connectivity index (χ0) is 10.3. The Morgan fingerprint density at radius 2 is 2.07 bits per heavy atom. The number of phenolic OH excluding ortho intramolecular Hbond substituents is 1. The Bertz CT molecular complexity index is 435. The van der Waals surface area contributed by atoms with Crippen LogP contribution in [0.3, 0.4) is 0 Å². The van der Waals surface area contributed by atoms with Crippen LogP contribution in [0.1, 0.15) is 10.4 Å². The van der Waals surface area contributed by atoms with Gasteiger partial charge in [0, 0.05) is 12.1 Å². The summed E-state index contributed by atoms with van der Waals surface area (Å²) in [6.07, 6.45) is 0. The monoisotopic (exact) mass is 194 g/mol. The Hall–Kier alpha value is -2.04. The molecule has 5 heteroatoms. The molecule has 0 atom stereocenters. The van der Waals surface area contributed by atoms with Crippen LogP contribution in [0, 0.1) is 0 Å². The fraction of sp³-hybridized carbons (Fsp3) is 0.111. The number of fused-ring (bicyclic) bond motifs is 1. The highest BCUT2D eigenvalue weighted by molar-refractivity contribution is 6.45. The molecule has 1 N–H and O–H groups in total. The summed E-state index contributed by atoms with van der Waals surface area (Å²) in [6.45, 7) is 0. The molecular formula is C9H6O5. The van der Waals surface area contributed by atoms with Gasteiger partial charge in [-0.3, -0.25) is 4.79 Å². The molecule has 1 aromatic carbocycles. The number of carbonyl (C=O) groups excluding carboxylic acids is 2. The van der Waals surface area contributed by atoms with Crippen LogP contribution < -0.4 is 9.47 Å². The zero-order valence-electron chi connectivity index (χ0n) is 7.23. The molecule has 72 valence electrons. The zero-order valence-corrected chi connectivity index (χ0v) is 7.23. The number of rotatable bonds is 1. The molecule has 0 amide bonds. The highest BCUT2D eigenvalue weighted by Crippen LogP contribution is 2.37. The third-order valence-corrected chi connectivity index (χ3v) is 1.89. The molecule has 0 aliphatic carbocycles. The molecule has 0 saturated carbocycles. The number of carbonyl (C=O) groups is 2. The van der Waals surface area contributed by atoms with Crippen molar-refractivity contribution in [2.45, 2.75) is 0 Å². The SMILES string of the molecule is COc1cc(O)cc2c1C(=O)C(=O)O2. The van der Waals surface area contributed by atoms with Crippen LogP contribution in [0.2, 0.25) is 0 Å². The number of hydrogen-bond acceptors (Lipinski definition) is 5. The van der Waals surface area contributed by atoms with E-state index in [1.54, 1.807) is 0 Å². The largest absolute Gasteiger partial charge is 0.508 e. The second-order valence-corrected chi connectivity index (χ2v) is 2.74. The average Bonchev–Trinajstić information content (AvgIpc) is 2.41. The minimum absolute atomic E-state index is 0.0388. The Balaban J connectivity index is 2.68. The van der Waals surface area contributed by atoms with E-state index in [2.05, 4.69) is 4.74 Å². The second kappa shape index (κ2) is 2.73. The highest BCUT2D eigenvalue weighted by Gasteiger charge is 2.34. The van der Waals surface area contributed by atoms with Crippen molar-refractivity contribution in [3.8, 4) is 17.2 Å². The van der Waals surface area contributed by atoms with Crippen molar-refractivity contribution in [1.82, 2.24) is 0 Å². The summed E-state index contributed by atoms with van der Waals surface area (Å²) in [4.78, 5) is 22.2. The van der Waals surface area contributed by atoms with Crippen molar-refractivity contribution < 1.29 is 24.2 Å². The van der Waals surface area contributed by atoms with Crippen molar-refractivity contribution in [1.29, 1.82) is 0 Å². The van der Waals surface area contributed by atoms with Crippen LogP contribution in [0.5, 0.6) is 17.2 Å². The normalized spacial score (nSPS) is 13.8. The van der Waals surface area contributed by atoms with Gasteiger partial charge in [0.25, 0.3) is 5.78 Å². The lowest BCUT2D eigenvalue weighted by molar-refractivity contribution is -0.128. The summed E-state index contributed by atoms with van der Waals surface area (Å²) in [5, 5.41) is 9.20. The molecule has 0 bridgehead atoms. The van der Waals surface area contributed by atoms with Crippen molar-refractivity contribution in [2.24, 2.45) is 0 Å². The van der Waals surface area contributed by atoms with Gasteiger partial charge in [-0.15, -0.1) is 0 Å². The summed E-state index contributed by atoms with van der Waals surface area (Å²) in [6, 6.07) is 2.44. The number of Topliss-reactive ketones (excluding diaryl/α,β-unsaturated/α-hetero) is 1. The van der Waals surface area contributed by atoms with Gasteiger partial charge in [0.2, 0.25) is 0 Å². The van der Waals surface area contributed by atoms with Crippen LogP contribution in [0.15, 0.2) is 12.1 Å². The summed E-state index contributed by atoms with van der Waals surface area (Å²) in [5.74, 6) is -1.66. The summed E-state index contributed by atoms with van der Waals surface area (Å²) >= 11 is 0. The molecule has 14 heavy (non-hydrogen) atoms. The first-order chi connectivity index (χ1) is 6.63. The number of aromatic hydroxyl groups is 1. The molecule has 0 spiro atoms. The topological polar surface area (TPSA) is 72.8 Å². The molecule has 1 heterocycles. The van der Waals surface area contributed by atoms with E-state index in [0.717, 1.165) is 0 Å². The fourth-order valence-electron chi connectivity index (χ4n) is 1.29. The third-order valence-electron chi connectivity index (χ3n) is 1.89. The van der Waals surface area contributed by atoms with Gasteiger partial charge in [-0.1, -0.05) is 0 Å². The van der Waals surface area contributed by atoms with Gasteiger partial charge in [-0.2, -0.15) is 0 Å². The van der Waals surface area contributed by atoms with Crippen LogP contribution in [-0.2, 0) is 4.79 Å². The predicted molar refractivity (Wildman–Crippen MR) is 44.6 cm³/mol. The fourth-order valence-corrected chi connectivity index (χ4v) is 1.29. The summed E-state index contributed by atoms with van der Waals surface area (Å²) in [7, 11) is 1.34. The minimum Gasteiger partial charge on any atom is -0.508 e. The van der Waals surface area contributed by atoms with E-state index in [0.29, 0.717) is 0 Å². The Kier molecular flexibility index (Phi) is 1.67. The Labute approximate surface area is 78.9 Å². The number of hydrogen-bond donors (Lipinski definition) is 1. The van der Waals surface area contributed by atoms with Crippen LogP contribution in [-0.4, -0.2) is 24.0 Å². The molecule has 0 unspecified atom stereocenters. The first kappa shape index (κ1) is 8.55. The number of ether oxygens (including phenoxy) is 2. The Morgan fingerprint density at radius 1 is 1.36 bits per heavy atom. The molecule has 1 aromatic rings. The molecule has 0 radical (unpaired) electrons. The van der Waals surface area contributed by atoms with Crippen LogP contribution in [0.4, 0.5) is 0 Å². The molecule has 2 rings (SSSR count). The number of ketones is 1. The van der Waals surface area contributed by atoms with Gasteiger partial charge in [0.1, 0.15) is 22.8 Å². The third kappa shape index (κ3) is 1.02. The lowest BCUT2D eigenvalue weighted by Gasteiger charge is -2.03. The lowest BCUT2D eigenvalue weighted by Crippen LogP contribution is -2.10. The average molecular weight is 194 g/mol. The molecule has 1 aliphatic rings. The summed E-state index contributed by atoms with van der Waals surface area (Å²) in [5.41, 5.74) is 0.0651. The number of benzene rings is 1. The van der Waals surface area contributed by atoms with Gasteiger partial charge in [0.15, 0.2) is 0 Å². The van der Waals surface area contributed by atoms with Gasteiger partial charge < -0.3 is 14.6 Å². The molecule has 0 saturated heterocycles. The van der Waals surface area contributed by atoms with E-state index in [1.807, 2.05) is 0 Å². The van der Waals surface area contributed by atoms with Crippen molar-refractivity contribution in [3.05, 3.63) is 17.7 Å². The molecule has 0 aromatic heterocycles. The van der Waals surface area contributed by atoms with Gasteiger partial charge in [-0.05, 0) is 0 Å². The summed E-state index contributed by atoms with van der Waals surface area (Å²) < 4.78 is 9.46. The maximum absolute atomic E-state index is 11.3. The molecule has 0 fully saturated rings. The van der Waals surface area contributed by atoms with Crippen molar-refractivity contribution in [3.63, 3.8) is 0 Å². The Morgan fingerprint density at radius 3 is 2.71 bits per heavy atom. The maximum Gasteiger partial charge on any atom is 0.385 e. The van der Waals surface area contributed by atoms with E-state index >= 15 is 0 Å². The van der Waals surface area contributed by atoms with Gasteiger partial charge in [0.05, 0.1) is 7.11 Å². The van der Waals surface area contributed by atoms with Gasteiger partial charge >= 0.3 is 5.97 Å². The van der Waals surface area contributed by atoms with Gasteiger partial charge in [-0.25, -0.2) is 4.79 Å².